The van der Waals surface area contributed by atoms with E-state index in [2.05, 4.69) is 12.6 Å². The number of benzene rings is 1. The molecule has 0 radical (unpaired) electrons. The first-order valence-corrected chi connectivity index (χ1v) is 5.14. The minimum atomic E-state index is 0.800. The summed E-state index contributed by atoms with van der Waals surface area (Å²) in [7, 11) is 3.33. The predicted molar refractivity (Wildman–Crippen MR) is 62.7 cm³/mol. The first kappa shape index (κ1) is 11.6. The number of unbranched alkanes of at least 4 members (excludes halogenated alkanes) is 1. The molecule has 1 aromatic rings. The third kappa shape index (κ3) is 3.01. The Kier molecular flexibility index (Phi) is 4.75. The lowest BCUT2D eigenvalue weighted by molar-refractivity contribution is 0.351. The average Bonchev–Trinajstić information content (AvgIpc) is 2.29. The van der Waals surface area contributed by atoms with Gasteiger partial charge in [0.05, 0.1) is 14.2 Å². The van der Waals surface area contributed by atoms with Gasteiger partial charge < -0.3 is 9.47 Å². The predicted octanol–water partition coefficient (Wildman–Crippen LogP) is 3.21. The van der Waals surface area contributed by atoms with Crippen molar-refractivity contribution < 1.29 is 9.47 Å². The molecule has 0 aliphatic carbocycles. The van der Waals surface area contributed by atoms with E-state index in [9.17, 15) is 0 Å². The highest BCUT2D eigenvalue weighted by Crippen LogP contribution is 2.31. The molecule has 0 amide bonds. The molecular weight excluding hydrogens is 188 g/mol. The molecular formula is C13H18O2. The monoisotopic (exact) mass is 206 g/mol. The lowest BCUT2D eigenvalue weighted by Gasteiger charge is -2.11. The minimum absolute atomic E-state index is 0.800. The highest BCUT2D eigenvalue weighted by molar-refractivity contribution is 5.46. The number of para-hydroxylation sites is 1. The fourth-order valence-electron chi connectivity index (χ4n) is 1.59. The average molecular weight is 206 g/mol. The summed E-state index contributed by atoms with van der Waals surface area (Å²) in [5.74, 6) is 1.65. The summed E-state index contributed by atoms with van der Waals surface area (Å²) >= 11 is 0. The number of rotatable bonds is 6. The van der Waals surface area contributed by atoms with Crippen molar-refractivity contribution in [2.24, 2.45) is 0 Å². The van der Waals surface area contributed by atoms with Crippen molar-refractivity contribution in [3.8, 4) is 11.5 Å². The minimum Gasteiger partial charge on any atom is -0.493 e. The van der Waals surface area contributed by atoms with Gasteiger partial charge in [-0.2, -0.15) is 0 Å². The Hall–Kier alpha value is -1.44. The topological polar surface area (TPSA) is 18.5 Å². The fourth-order valence-corrected chi connectivity index (χ4v) is 1.59. The zero-order chi connectivity index (χ0) is 11.1. The highest BCUT2D eigenvalue weighted by Gasteiger charge is 2.08. The lowest BCUT2D eigenvalue weighted by Crippen LogP contribution is -1.95. The Morgan fingerprint density at radius 1 is 1.27 bits per heavy atom. The molecule has 15 heavy (non-hydrogen) atoms. The van der Waals surface area contributed by atoms with Crippen molar-refractivity contribution in [3.05, 3.63) is 36.4 Å². The molecule has 0 unspecified atom stereocenters. The van der Waals surface area contributed by atoms with Crippen LogP contribution >= 0.6 is 0 Å². The van der Waals surface area contributed by atoms with E-state index in [0.29, 0.717) is 0 Å². The molecule has 82 valence electrons. The van der Waals surface area contributed by atoms with Crippen LogP contribution in [0.25, 0.3) is 0 Å². The third-order valence-electron chi connectivity index (χ3n) is 2.34. The molecule has 0 aromatic heterocycles. The van der Waals surface area contributed by atoms with Gasteiger partial charge in [-0.15, -0.1) is 6.58 Å². The summed E-state index contributed by atoms with van der Waals surface area (Å²) in [6.45, 7) is 3.71. The third-order valence-corrected chi connectivity index (χ3v) is 2.34. The second kappa shape index (κ2) is 6.12. The second-order valence-electron chi connectivity index (χ2n) is 3.33. The zero-order valence-corrected chi connectivity index (χ0v) is 9.45. The van der Waals surface area contributed by atoms with Crippen molar-refractivity contribution in [1.29, 1.82) is 0 Å². The van der Waals surface area contributed by atoms with E-state index >= 15 is 0 Å². The van der Waals surface area contributed by atoms with E-state index in [4.69, 9.17) is 9.47 Å². The summed E-state index contributed by atoms with van der Waals surface area (Å²) < 4.78 is 10.6. The zero-order valence-electron chi connectivity index (χ0n) is 9.45. The van der Waals surface area contributed by atoms with Crippen LogP contribution in [0.5, 0.6) is 11.5 Å². The van der Waals surface area contributed by atoms with E-state index in [1.165, 1.54) is 5.56 Å². The number of allylic oxidation sites excluding steroid dienone is 1. The second-order valence-corrected chi connectivity index (χ2v) is 3.33. The number of aryl methyl sites for hydroxylation is 1. The molecule has 0 saturated heterocycles. The summed E-state index contributed by atoms with van der Waals surface area (Å²) in [6.07, 6.45) is 5.05. The fraction of sp³-hybridized carbons (Fsp3) is 0.385. The Morgan fingerprint density at radius 3 is 2.67 bits per heavy atom. The van der Waals surface area contributed by atoms with Gasteiger partial charge in [-0.3, -0.25) is 0 Å². The van der Waals surface area contributed by atoms with E-state index in [1.807, 2.05) is 18.2 Å². The number of hydrogen-bond acceptors (Lipinski definition) is 2. The molecule has 2 heteroatoms. The van der Waals surface area contributed by atoms with Crippen LogP contribution in [0, 0.1) is 0 Å². The maximum Gasteiger partial charge on any atom is 0.163 e. The van der Waals surface area contributed by atoms with Crippen molar-refractivity contribution >= 4 is 0 Å². The van der Waals surface area contributed by atoms with Gasteiger partial charge >= 0.3 is 0 Å². The quantitative estimate of drug-likeness (QED) is 0.525. The Labute approximate surface area is 91.5 Å². The van der Waals surface area contributed by atoms with Gasteiger partial charge in [0.1, 0.15) is 0 Å². The van der Waals surface area contributed by atoms with Crippen molar-refractivity contribution in [2.45, 2.75) is 19.3 Å². The van der Waals surface area contributed by atoms with Gasteiger partial charge in [0.25, 0.3) is 0 Å². The van der Waals surface area contributed by atoms with Crippen molar-refractivity contribution in [1.82, 2.24) is 0 Å². The van der Waals surface area contributed by atoms with E-state index in [-0.39, 0.29) is 0 Å². The van der Waals surface area contributed by atoms with Crippen LogP contribution in [0.15, 0.2) is 30.9 Å². The largest absolute Gasteiger partial charge is 0.493 e. The first-order valence-electron chi connectivity index (χ1n) is 5.14. The Morgan fingerprint density at radius 2 is 2.07 bits per heavy atom. The first-order chi connectivity index (χ1) is 7.33. The smallest absolute Gasteiger partial charge is 0.163 e. The molecule has 2 nitrogen and oxygen atoms in total. The van der Waals surface area contributed by atoms with Gasteiger partial charge in [-0.1, -0.05) is 18.2 Å². The standard InChI is InChI=1S/C13H18O2/c1-4-5-6-8-11-9-7-10-12(14-2)13(11)15-3/h4,7,9-10H,1,5-6,8H2,2-3H3. The molecule has 0 N–H and O–H groups in total. The van der Waals surface area contributed by atoms with Crippen LogP contribution in [0.2, 0.25) is 0 Å². The maximum atomic E-state index is 5.35. The molecule has 0 fully saturated rings. The van der Waals surface area contributed by atoms with E-state index < -0.39 is 0 Å². The Bertz CT molecular complexity index is 318. The van der Waals surface area contributed by atoms with Crippen molar-refractivity contribution in [3.63, 3.8) is 0 Å². The van der Waals surface area contributed by atoms with Crippen LogP contribution in [-0.2, 0) is 6.42 Å². The normalized spacial score (nSPS) is 9.73. The van der Waals surface area contributed by atoms with Gasteiger partial charge in [-0.25, -0.2) is 0 Å². The molecule has 0 spiro atoms. The van der Waals surface area contributed by atoms with Crippen LogP contribution in [-0.4, -0.2) is 14.2 Å². The van der Waals surface area contributed by atoms with Crippen LogP contribution in [0.1, 0.15) is 18.4 Å². The van der Waals surface area contributed by atoms with Gasteiger partial charge in [-0.05, 0) is 30.9 Å². The van der Waals surface area contributed by atoms with Crippen LogP contribution < -0.4 is 9.47 Å². The number of ether oxygens (including phenoxy) is 2. The molecule has 0 heterocycles. The summed E-state index contributed by atoms with van der Waals surface area (Å²) in [6, 6.07) is 5.98. The molecule has 1 rings (SSSR count). The van der Waals surface area contributed by atoms with E-state index in [0.717, 1.165) is 30.8 Å². The molecule has 1 aromatic carbocycles. The molecule has 0 atom stereocenters. The number of methoxy groups -OCH3 is 2. The molecule has 0 aliphatic rings. The lowest BCUT2D eigenvalue weighted by atomic mass is 10.1. The molecule has 0 saturated carbocycles. The SMILES string of the molecule is C=CCCCc1cccc(OC)c1OC. The molecule has 0 aliphatic heterocycles. The number of hydrogen-bond donors (Lipinski definition) is 0. The Balaban J connectivity index is 2.81. The summed E-state index contributed by atoms with van der Waals surface area (Å²) in [5, 5.41) is 0. The summed E-state index contributed by atoms with van der Waals surface area (Å²) in [4.78, 5) is 0. The van der Waals surface area contributed by atoms with Crippen molar-refractivity contribution in [2.75, 3.05) is 14.2 Å². The molecule has 0 bridgehead atoms. The van der Waals surface area contributed by atoms with Crippen LogP contribution in [0.4, 0.5) is 0 Å². The van der Waals surface area contributed by atoms with Gasteiger partial charge in [0.2, 0.25) is 0 Å². The maximum absolute atomic E-state index is 5.35. The highest BCUT2D eigenvalue weighted by atomic mass is 16.5. The summed E-state index contributed by atoms with van der Waals surface area (Å²) in [5.41, 5.74) is 1.19. The van der Waals surface area contributed by atoms with Gasteiger partial charge in [0.15, 0.2) is 11.5 Å². The van der Waals surface area contributed by atoms with Crippen LogP contribution in [0.3, 0.4) is 0 Å². The van der Waals surface area contributed by atoms with Gasteiger partial charge in [0, 0.05) is 0 Å². The van der Waals surface area contributed by atoms with E-state index in [1.54, 1.807) is 14.2 Å².